The predicted molar refractivity (Wildman–Crippen MR) is 63.5 cm³/mol. The zero-order valence-electron chi connectivity index (χ0n) is 10.2. The molecule has 0 saturated heterocycles. The molecular formula is C13H27N. The molecule has 1 rings (SSSR count). The maximum Gasteiger partial charge on any atom is 0.00948 e. The topological polar surface area (TPSA) is 12.0 Å². The molecule has 1 aliphatic carbocycles. The predicted octanol–water partition coefficient (Wildman–Crippen LogP) is 3.59. The Labute approximate surface area is 89.7 Å². The van der Waals surface area contributed by atoms with Gasteiger partial charge < -0.3 is 5.32 Å². The molecule has 0 spiro atoms. The molecule has 0 aliphatic heterocycles. The minimum absolute atomic E-state index is 0.791. The van der Waals surface area contributed by atoms with Crippen LogP contribution >= 0.6 is 0 Å². The first-order valence-electron chi connectivity index (χ1n) is 6.46. The van der Waals surface area contributed by atoms with Gasteiger partial charge in [-0.1, -0.05) is 46.0 Å². The standard InChI is InChI=1S/C13H27N/c1-4-8-11(2)12-9-6-5-7-10-13(12)14-3/h11-14H,4-10H2,1-3H3. The van der Waals surface area contributed by atoms with Crippen LogP contribution in [0.4, 0.5) is 0 Å². The van der Waals surface area contributed by atoms with Crippen LogP contribution in [0.15, 0.2) is 0 Å². The van der Waals surface area contributed by atoms with E-state index in [0.717, 1.165) is 17.9 Å². The Kier molecular flexibility index (Phi) is 5.54. The van der Waals surface area contributed by atoms with Crippen molar-refractivity contribution in [2.45, 2.75) is 64.8 Å². The molecule has 1 nitrogen and oxygen atoms in total. The number of rotatable bonds is 4. The van der Waals surface area contributed by atoms with Crippen molar-refractivity contribution in [2.75, 3.05) is 7.05 Å². The van der Waals surface area contributed by atoms with Crippen molar-refractivity contribution >= 4 is 0 Å². The molecule has 1 aliphatic rings. The van der Waals surface area contributed by atoms with E-state index < -0.39 is 0 Å². The molecule has 0 aromatic carbocycles. The molecule has 0 amide bonds. The first kappa shape index (κ1) is 12.0. The lowest BCUT2D eigenvalue weighted by Crippen LogP contribution is -2.36. The molecule has 0 aromatic rings. The second-order valence-electron chi connectivity index (χ2n) is 4.96. The average molecular weight is 197 g/mol. The molecule has 0 heterocycles. The van der Waals surface area contributed by atoms with E-state index in [1.807, 2.05) is 0 Å². The van der Waals surface area contributed by atoms with E-state index >= 15 is 0 Å². The first-order chi connectivity index (χ1) is 6.79. The Balaban J connectivity index is 2.50. The average Bonchev–Trinajstić information content (AvgIpc) is 2.42. The zero-order chi connectivity index (χ0) is 10.4. The molecule has 3 unspecified atom stereocenters. The Morgan fingerprint density at radius 1 is 1.21 bits per heavy atom. The summed E-state index contributed by atoms with van der Waals surface area (Å²) >= 11 is 0. The van der Waals surface area contributed by atoms with Gasteiger partial charge >= 0.3 is 0 Å². The Morgan fingerprint density at radius 3 is 2.57 bits per heavy atom. The van der Waals surface area contributed by atoms with Crippen molar-refractivity contribution in [2.24, 2.45) is 11.8 Å². The Hall–Kier alpha value is -0.0400. The molecule has 0 radical (unpaired) electrons. The van der Waals surface area contributed by atoms with Gasteiger partial charge in [0.05, 0.1) is 0 Å². The van der Waals surface area contributed by atoms with Gasteiger partial charge in [-0.3, -0.25) is 0 Å². The van der Waals surface area contributed by atoms with Gasteiger partial charge in [0, 0.05) is 6.04 Å². The Morgan fingerprint density at radius 2 is 1.93 bits per heavy atom. The van der Waals surface area contributed by atoms with Crippen LogP contribution < -0.4 is 5.32 Å². The van der Waals surface area contributed by atoms with Crippen LogP contribution in [0, 0.1) is 11.8 Å². The third-order valence-corrected chi connectivity index (χ3v) is 3.92. The van der Waals surface area contributed by atoms with E-state index in [-0.39, 0.29) is 0 Å². The van der Waals surface area contributed by atoms with Crippen LogP contribution in [0.1, 0.15) is 58.8 Å². The monoisotopic (exact) mass is 197 g/mol. The zero-order valence-corrected chi connectivity index (χ0v) is 10.2. The van der Waals surface area contributed by atoms with Crippen LogP contribution in [0.2, 0.25) is 0 Å². The van der Waals surface area contributed by atoms with Crippen molar-refractivity contribution in [1.29, 1.82) is 0 Å². The fraction of sp³-hybridized carbons (Fsp3) is 1.00. The van der Waals surface area contributed by atoms with Crippen LogP contribution in [-0.2, 0) is 0 Å². The largest absolute Gasteiger partial charge is 0.317 e. The van der Waals surface area contributed by atoms with Crippen molar-refractivity contribution in [3.63, 3.8) is 0 Å². The third-order valence-electron chi connectivity index (χ3n) is 3.92. The molecule has 0 bridgehead atoms. The van der Waals surface area contributed by atoms with E-state index in [0.29, 0.717) is 0 Å². The van der Waals surface area contributed by atoms with E-state index in [1.54, 1.807) is 0 Å². The lowest BCUT2D eigenvalue weighted by molar-refractivity contribution is 0.244. The SMILES string of the molecule is CCCC(C)C1CCCCCC1NC. The molecule has 0 aromatic heterocycles. The maximum absolute atomic E-state index is 3.53. The first-order valence-corrected chi connectivity index (χ1v) is 6.46. The second kappa shape index (κ2) is 6.44. The van der Waals surface area contributed by atoms with Gasteiger partial charge in [0.25, 0.3) is 0 Å². The third kappa shape index (κ3) is 3.27. The molecule has 1 saturated carbocycles. The summed E-state index contributed by atoms with van der Waals surface area (Å²) in [5.41, 5.74) is 0. The highest BCUT2D eigenvalue weighted by Crippen LogP contribution is 2.31. The second-order valence-corrected chi connectivity index (χ2v) is 4.96. The van der Waals surface area contributed by atoms with Crippen LogP contribution in [0.3, 0.4) is 0 Å². The number of nitrogens with one attached hydrogen (secondary N) is 1. The Bertz CT molecular complexity index is 144. The fourth-order valence-electron chi connectivity index (χ4n) is 3.05. The normalized spacial score (nSPS) is 31.1. The summed E-state index contributed by atoms with van der Waals surface area (Å²) in [6, 6.07) is 0.791. The van der Waals surface area contributed by atoms with Crippen LogP contribution in [0.5, 0.6) is 0 Å². The number of hydrogen-bond acceptors (Lipinski definition) is 1. The number of hydrogen-bond donors (Lipinski definition) is 1. The van der Waals surface area contributed by atoms with Crippen LogP contribution in [0.25, 0.3) is 0 Å². The molecule has 84 valence electrons. The van der Waals surface area contributed by atoms with Crippen molar-refractivity contribution in [1.82, 2.24) is 5.32 Å². The quantitative estimate of drug-likeness (QED) is 0.679. The summed E-state index contributed by atoms with van der Waals surface area (Å²) in [6.07, 6.45) is 9.93. The minimum Gasteiger partial charge on any atom is -0.317 e. The van der Waals surface area contributed by atoms with E-state index in [9.17, 15) is 0 Å². The van der Waals surface area contributed by atoms with Gasteiger partial charge in [-0.15, -0.1) is 0 Å². The molecule has 1 fully saturated rings. The highest BCUT2D eigenvalue weighted by atomic mass is 14.9. The summed E-state index contributed by atoms with van der Waals surface area (Å²) in [4.78, 5) is 0. The van der Waals surface area contributed by atoms with Gasteiger partial charge in [0.2, 0.25) is 0 Å². The molecule has 3 atom stereocenters. The van der Waals surface area contributed by atoms with Crippen molar-refractivity contribution < 1.29 is 0 Å². The summed E-state index contributed by atoms with van der Waals surface area (Å²) in [5.74, 6) is 1.85. The lowest BCUT2D eigenvalue weighted by Gasteiger charge is -2.30. The molecule has 14 heavy (non-hydrogen) atoms. The molecular weight excluding hydrogens is 170 g/mol. The fourth-order valence-corrected chi connectivity index (χ4v) is 3.05. The van der Waals surface area contributed by atoms with Gasteiger partial charge in [0.1, 0.15) is 0 Å². The highest BCUT2D eigenvalue weighted by Gasteiger charge is 2.26. The van der Waals surface area contributed by atoms with Crippen molar-refractivity contribution in [3.8, 4) is 0 Å². The van der Waals surface area contributed by atoms with Crippen molar-refractivity contribution in [3.05, 3.63) is 0 Å². The van der Waals surface area contributed by atoms with Gasteiger partial charge in [-0.25, -0.2) is 0 Å². The van der Waals surface area contributed by atoms with E-state index in [4.69, 9.17) is 0 Å². The minimum atomic E-state index is 0.791. The lowest BCUT2D eigenvalue weighted by atomic mass is 9.81. The molecule has 1 heteroatoms. The summed E-state index contributed by atoms with van der Waals surface area (Å²) in [5, 5.41) is 3.53. The maximum atomic E-state index is 3.53. The summed E-state index contributed by atoms with van der Waals surface area (Å²) in [7, 11) is 2.14. The summed E-state index contributed by atoms with van der Waals surface area (Å²) < 4.78 is 0. The van der Waals surface area contributed by atoms with Gasteiger partial charge in [-0.05, 0) is 31.7 Å². The summed E-state index contributed by atoms with van der Waals surface area (Å²) in [6.45, 7) is 4.76. The highest BCUT2D eigenvalue weighted by molar-refractivity contribution is 4.81. The van der Waals surface area contributed by atoms with Gasteiger partial charge in [0.15, 0.2) is 0 Å². The molecule has 1 N–H and O–H groups in total. The van der Waals surface area contributed by atoms with E-state index in [2.05, 4.69) is 26.2 Å². The van der Waals surface area contributed by atoms with Crippen LogP contribution in [-0.4, -0.2) is 13.1 Å². The smallest absolute Gasteiger partial charge is 0.00948 e. The van der Waals surface area contributed by atoms with Gasteiger partial charge in [-0.2, -0.15) is 0 Å². The van der Waals surface area contributed by atoms with E-state index in [1.165, 1.54) is 44.9 Å².